The second-order valence-electron chi connectivity index (χ2n) is 5.35. The molecule has 1 fully saturated rings. The molecule has 0 radical (unpaired) electrons. The lowest BCUT2D eigenvalue weighted by Crippen LogP contribution is -2.43. The first-order valence-electron chi connectivity index (χ1n) is 7.00. The summed E-state index contributed by atoms with van der Waals surface area (Å²) in [5.41, 5.74) is 0.918. The Morgan fingerprint density at radius 2 is 2.32 bits per heavy atom. The second kappa shape index (κ2) is 5.17. The summed E-state index contributed by atoms with van der Waals surface area (Å²) in [5.74, 6) is 1.77. The number of hydrogen-bond donors (Lipinski definition) is 1. The van der Waals surface area contributed by atoms with E-state index < -0.39 is 0 Å². The van der Waals surface area contributed by atoms with Crippen molar-refractivity contribution >= 4 is 11.5 Å². The van der Waals surface area contributed by atoms with E-state index >= 15 is 0 Å². The maximum Gasteiger partial charge on any atom is 0.157 e. The van der Waals surface area contributed by atoms with Crippen LogP contribution in [0.1, 0.15) is 19.8 Å². The van der Waals surface area contributed by atoms with Crippen LogP contribution in [0.25, 0.3) is 5.65 Å². The first kappa shape index (κ1) is 12.4. The van der Waals surface area contributed by atoms with E-state index in [-0.39, 0.29) is 0 Å². The molecule has 1 aliphatic heterocycles. The molecule has 0 aromatic carbocycles. The molecule has 3 heterocycles. The van der Waals surface area contributed by atoms with Crippen LogP contribution in [-0.4, -0.2) is 40.8 Å². The lowest BCUT2D eigenvalue weighted by molar-refractivity contribution is 0.332. The van der Waals surface area contributed by atoms with Crippen LogP contribution in [0.2, 0.25) is 0 Å². The maximum atomic E-state index is 4.68. The molecule has 5 heteroatoms. The van der Waals surface area contributed by atoms with Crippen molar-refractivity contribution in [3.63, 3.8) is 0 Å². The minimum Gasteiger partial charge on any atom is -0.356 e. The van der Waals surface area contributed by atoms with Gasteiger partial charge >= 0.3 is 0 Å². The summed E-state index contributed by atoms with van der Waals surface area (Å²) in [6.45, 7) is 4.45. The van der Waals surface area contributed by atoms with Crippen LogP contribution in [0.4, 0.5) is 5.82 Å². The summed E-state index contributed by atoms with van der Waals surface area (Å²) >= 11 is 0. The SMILES string of the molecule is CNC(C)C1CCCN(c2ccn3nccc3n2)C1. The van der Waals surface area contributed by atoms with Crippen LogP contribution in [0, 0.1) is 5.92 Å². The molecular formula is C14H21N5. The second-order valence-corrected chi connectivity index (χ2v) is 5.35. The number of nitrogens with one attached hydrogen (secondary N) is 1. The monoisotopic (exact) mass is 259 g/mol. The highest BCUT2D eigenvalue weighted by atomic mass is 15.3. The molecule has 0 saturated carbocycles. The van der Waals surface area contributed by atoms with Gasteiger partial charge in [0.05, 0.1) is 6.20 Å². The van der Waals surface area contributed by atoms with Crippen LogP contribution in [0.5, 0.6) is 0 Å². The molecule has 3 rings (SSSR count). The standard InChI is InChI=1S/C14H21N5/c1-11(15-2)12-4-3-8-18(10-12)13-6-9-19-14(17-13)5-7-16-19/h5-7,9,11-12,15H,3-4,8,10H2,1-2H3. The molecule has 5 nitrogen and oxygen atoms in total. The molecule has 2 aromatic rings. The summed E-state index contributed by atoms with van der Waals surface area (Å²) in [6.07, 6.45) is 6.31. The lowest BCUT2D eigenvalue weighted by atomic mass is 9.92. The zero-order valence-electron chi connectivity index (χ0n) is 11.6. The van der Waals surface area contributed by atoms with Crippen LogP contribution >= 0.6 is 0 Å². The van der Waals surface area contributed by atoms with E-state index in [0.717, 1.165) is 24.6 Å². The Morgan fingerprint density at radius 3 is 3.16 bits per heavy atom. The number of rotatable bonds is 3. The van der Waals surface area contributed by atoms with Gasteiger partial charge in [0.2, 0.25) is 0 Å². The third-order valence-electron chi connectivity index (χ3n) is 4.19. The molecule has 0 aliphatic carbocycles. The molecule has 2 aromatic heterocycles. The maximum absolute atomic E-state index is 4.68. The van der Waals surface area contributed by atoms with E-state index in [2.05, 4.69) is 33.3 Å². The average Bonchev–Trinajstić information content (AvgIpc) is 2.94. The molecule has 102 valence electrons. The molecule has 1 N–H and O–H groups in total. The van der Waals surface area contributed by atoms with E-state index in [9.17, 15) is 0 Å². The fraction of sp³-hybridized carbons (Fsp3) is 0.571. The number of anilines is 1. The van der Waals surface area contributed by atoms with E-state index in [1.807, 2.05) is 19.3 Å². The van der Waals surface area contributed by atoms with E-state index in [1.54, 1.807) is 10.7 Å². The first-order valence-corrected chi connectivity index (χ1v) is 7.00. The summed E-state index contributed by atoms with van der Waals surface area (Å²) < 4.78 is 1.81. The Balaban J connectivity index is 1.80. The van der Waals surface area contributed by atoms with E-state index in [4.69, 9.17) is 0 Å². The molecule has 0 bridgehead atoms. The van der Waals surface area contributed by atoms with Crippen molar-refractivity contribution in [3.05, 3.63) is 24.5 Å². The molecule has 1 saturated heterocycles. The van der Waals surface area contributed by atoms with Gasteiger partial charge in [0.1, 0.15) is 5.82 Å². The van der Waals surface area contributed by atoms with Crippen LogP contribution < -0.4 is 10.2 Å². The van der Waals surface area contributed by atoms with Crippen LogP contribution in [-0.2, 0) is 0 Å². The lowest BCUT2D eigenvalue weighted by Gasteiger charge is -2.36. The van der Waals surface area contributed by atoms with Crippen molar-refractivity contribution in [1.82, 2.24) is 19.9 Å². The summed E-state index contributed by atoms with van der Waals surface area (Å²) in [6, 6.07) is 4.56. The van der Waals surface area contributed by atoms with E-state index in [1.165, 1.54) is 12.8 Å². The molecule has 0 spiro atoms. The van der Waals surface area contributed by atoms with Gasteiger partial charge in [-0.15, -0.1) is 0 Å². The normalized spacial score (nSPS) is 21.8. The van der Waals surface area contributed by atoms with Gasteiger partial charge in [-0.2, -0.15) is 5.10 Å². The molecule has 0 amide bonds. The van der Waals surface area contributed by atoms with Crippen molar-refractivity contribution < 1.29 is 0 Å². The van der Waals surface area contributed by atoms with Gasteiger partial charge < -0.3 is 10.2 Å². The Bertz CT molecular complexity index is 550. The quantitative estimate of drug-likeness (QED) is 0.908. The fourth-order valence-electron chi connectivity index (χ4n) is 2.84. The average molecular weight is 259 g/mol. The fourth-order valence-corrected chi connectivity index (χ4v) is 2.84. The number of piperidine rings is 1. The number of nitrogens with zero attached hydrogens (tertiary/aromatic N) is 4. The Morgan fingerprint density at radius 1 is 1.42 bits per heavy atom. The van der Waals surface area contributed by atoms with Crippen LogP contribution in [0.3, 0.4) is 0 Å². The smallest absolute Gasteiger partial charge is 0.157 e. The van der Waals surface area contributed by atoms with Crippen molar-refractivity contribution in [2.24, 2.45) is 5.92 Å². The third kappa shape index (κ3) is 2.42. The van der Waals surface area contributed by atoms with Crippen molar-refractivity contribution in [2.75, 3.05) is 25.0 Å². The molecular weight excluding hydrogens is 238 g/mol. The molecule has 19 heavy (non-hydrogen) atoms. The van der Waals surface area contributed by atoms with Crippen molar-refractivity contribution in [2.45, 2.75) is 25.8 Å². The van der Waals surface area contributed by atoms with Gasteiger partial charge in [0.15, 0.2) is 5.65 Å². The van der Waals surface area contributed by atoms with E-state index in [0.29, 0.717) is 12.0 Å². The van der Waals surface area contributed by atoms with Gasteiger partial charge in [-0.25, -0.2) is 9.50 Å². The zero-order valence-corrected chi connectivity index (χ0v) is 11.6. The largest absolute Gasteiger partial charge is 0.356 e. The minimum absolute atomic E-state index is 0.557. The Kier molecular flexibility index (Phi) is 3.38. The number of fused-ring (bicyclic) bond motifs is 1. The molecule has 1 aliphatic rings. The van der Waals surface area contributed by atoms with Crippen molar-refractivity contribution in [1.29, 1.82) is 0 Å². The molecule has 2 atom stereocenters. The highest BCUT2D eigenvalue weighted by molar-refractivity contribution is 5.47. The number of aromatic nitrogens is 3. The molecule has 2 unspecified atom stereocenters. The Hall–Kier alpha value is -1.62. The van der Waals surface area contributed by atoms with Gasteiger partial charge in [-0.05, 0) is 38.8 Å². The minimum atomic E-state index is 0.557. The summed E-state index contributed by atoms with van der Waals surface area (Å²) in [5, 5.41) is 7.56. The highest BCUT2D eigenvalue weighted by Crippen LogP contribution is 2.23. The van der Waals surface area contributed by atoms with Crippen LogP contribution in [0.15, 0.2) is 24.5 Å². The van der Waals surface area contributed by atoms with Gasteiger partial charge in [-0.3, -0.25) is 0 Å². The van der Waals surface area contributed by atoms with Gasteiger partial charge in [-0.1, -0.05) is 0 Å². The zero-order chi connectivity index (χ0) is 13.2. The van der Waals surface area contributed by atoms with Crippen molar-refractivity contribution in [3.8, 4) is 0 Å². The number of hydrogen-bond acceptors (Lipinski definition) is 4. The first-order chi connectivity index (χ1) is 9.28. The van der Waals surface area contributed by atoms with Gasteiger partial charge in [0.25, 0.3) is 0 Å². The Labute approximate surface area is 113 Å². The predicted octanol–water partition coefficient (Wildman–Crippen LogP) is 1.55. The third-order valence-corrected chi connectivity index (χ3v) is 4.19. The highest BCUT2D eigenvalue weighted by Gasteiger charge is 2.24. The predicted molar refractivity (Wildman–Crippen MR) is 76.4 cm³/mol. The van der Waals surface area contributed by atoms with Gasteiger partial charge in [0, 0.05) is 31.4 Å². The summed E-state index contributed by atoms with van der Waals surface area (Å²) in [7, 11) is 2.04. The summed E-state index contributed by atoms with van der Waals surface area (Å²) in [4.78, 5) is 7.08. The topological polar surface area (TPSA) is 45.5 Å².